The van der Waals surface area contributed by atoms with E-state index in [2.05, 4.69) is 28.5 Å². The fraction of sp³-hybridized carbons (Fsp3) is 0.188. The summed E-state index contributed by atoms with van der Waals surface area (Å²) in [5, 5.41) is 12.1. The lowest BCUT2D eigenvalue weighted by atomic mass is 10.1. The summed E-state index contributed by atoms with van der Waals surface area (Å²) in [7, 11) is 0. The first kappa shape index (κ1) is 13.3. The van der Waals surface area contributed by atoms with E-state index < -0.39 is 0 Å². The molecule has 1 heterocycles. The molecule has 0 aliphatic heterocycles. The maximum absolute atomic E-state index is 6.09. The molecule has 0 aliphatic rings. The highest BCUT2D eigenvalue weighted by Gasteiger charge is 2.15. The lowest BCUT2D eigenvalue weighted by Crippen LogP contribution is -2.04. The van der Waals surface area contributed by atoms with Crippen molar-refractivity contribution in [3.05, 3.63) is 53.6 Å². The van der Waals surface area contributed by atoms with E-state index in [1.807, 2.05) is 43.3 Å². The molecule has 106 valence electrons. The van der Waals surface area contributed by atoms with E-state index in [-0.39, 0.29) is 0 Å². The third kappa shape index (κ3) is 2.38. The Kier molecular flexibility index (Phi) is 3.39. The van der Waals surface area contributed by atoms with Gasteiger partial charge in [0.15, 0.2) is 5.82 Å². The number of rotatable bonds is 3. The van der Waals surface area contributed by atoms with Crippen LogP contribution in [0.4, 0.5) is 5.69 Å². The Morgan fingerprint density at radius 2 is 1.95 bits per heavy atom. The van der Waals surface area contributed by atoms with Crippen molar-refractivity contribution < 1.29 is 0 Å². The van der Waals surface area contributed by atoms with Crippen molar-refractivity contribution in [2.75, 3.05) is 5.73 Å². The second-order valence-corrected chi connectivity index (χ2v) is 4.99. The summed E-state index contributed by atoms with van der Waals surface area (Å²) in [4.78, 5) is 0. The summed E-state index contributed by atoms with van der Waals surface area (Å²) in [5.41, 5.74) is 10.9. The Labute approximate surface area is 123 Å². The maximum atomic E-state index is 6.09. The molecule has 0 radical (unpaired) electrons. The number of benzene rings is 2. The first-order valence-electron chi connectivity index (χ1n) is 6.94. The average molecular weight is 279 g/mol. The predicted octanol–water partition coefficient (Wildman–Crippen LogP) is 2.78. The van der Waals surface area contributed by atoms with E-state index in [1.54, 1.807) is 4.68 Å². The van der Waals surface area contributed by atoms with Crippen LogP contribution in [0.2, 0.25) is 0 Å². The van der Waals surface area contributed by atoms with Gasteiger partial charge < -0.3 is 5.73 Å². The molecule has 5 nitrogen and oxygen atoms in total. The van der Waals surface area contributed by atoms with Gasteiger partial charge in [0.1, 0.15) is 0 Å². The number of tetrazole rings is 1. The van der Waals surface area contributed by atoms with Gasteiger partial charge in [0, 0.05) is 11.3 Å². The van der Waals surface area contributed by atoms with Gasteiger partial charge >= 0.3 is 0 Å². The Morgan fingerprint density at radius 3 is 2.76 bits per heavy atom. The zero-order valence-electron chi connectivity index (χ0n) is 12.1. The van der Waals surface area contributed by atoms with Gasteiger partial charge in [-0.2, -0.15) is 4.68 Å². The van der Waals surface area contributed by atoms with Gasteiger partial charge in [-0.05, 0) is 47.5 Å². The highest BCUT2D eigenvalue weighted by molar-refractivity contribution is 5.73. The van der Waals surface area contributed by atoms with Gasteiger partial charge in [-0.15, -0.1) is 5.10 Å². The number of aromatic nitrogens is 4. The molecule has 0 bridgehead atoms. The minimum absolute atomic E-state index is 0.664. The summed E-state index contributed by atoms with van der Waals surface area (Å²) >= 11 is 0. The van der Waals surface area contributed by atoms with Crippen molar-refractivity contribution in [1.82, 2.24) is 20.2 Å². The Bertz CT molecular complexity index is 776. The highest BCUT2D eigenvalue weighted by atomic mass is 15.5. The van der Waals surface area contributed by atoms with Gasteiger partial charge in [-0.25, -0.2) is 0 Å². The van der Waals surface area contributed by atoms with E-state index in [9.17, 15) is 0 Å². The van der Waals surface area contributed by atoms with Crippen molar-refractivity contribution in [3.8, 4) is 17.1 Å². The smallest absolute Gasteiger partial charge is 0.189 e. The van der Waals surface area contributed by atoms with Crippen LogP contribution < -0.4 is 5.73 Å². The van der Waals surface area contributed by atoms with Gasteiger partial charge in [0.05, 0.1) is 5.69 Å². The summed E-state index contributed by atoms with van der Waals surface area (Å²) in [5.74, 6) is 0.664. The zero-order chi connectivity index (χ0) is 14.8. The van der Waals surface area contributed by atoms with Crippen LogP contribution in [0.15, 0.2) is 42.5 Å². The predicted molar refractivity (Wildman–Crippen MR) is 83.1 cm³/mol. The summed E-state index contributed by atoms with van der Waals surface area (Å²) in [6.07, 6.45) is 0.915. The monoisotopic (exact) mass is 279 g/mol. The quantitative estimate of drug-likeness (QED) is 0.748. The van der Waals surface area contributed by atoms with Gasteiger partial charge in [0.2, 0.25) is 0 Å². The van der Waals surface area contributed by atoms with Crippen LogP contribution in [-0.4, -0.2) is 20.2 Å². The summed E-state index contributed by atoms with van der Waals surface area (Å²) < 4.78 is 1.75. The van der Waals surface area contributed by atoms with Gasteiger partial charge in [-0.1, -0.05) is 36.8 Å². The normalized spacial score (nSPS) is 10.8. The number of nitrogens with two attached hydrogens (primary N) is 1. The third-order valence-electron chi connectivity index (χ3n) is 3.52. The molecule has 0 aliphatic carbocycles. The lowest BCUT2D eigenvalue weighted by Gasteiger charge is -2.10. The number of aryl methyl sites for hydroxylation is 2. The number of hydrogen-bond acceptors (Lipinski definition) is 4. The van der Waals surface area contributed by atoms with Crippen molar-refractivity contribution in [2.45, 2.75) is 20.3 Å². The number of anilines is 1. The van der Waals surface area contributed by atoms with Crippen LogP contribution in [0.1, 0.15) is 18.1 Å². The first-order chi connectivity index (χ1) is 10.2. The van der Waals surface area contributed by atoms with Crippen molar-refractivity contribution in [2.24, 2.45) is 0 Å². The van der Waals surface area contributed by atoms with Crippen LogP contribution in [-0.2, 0) is 6.42 Å². The lowest BCUT2D eigenvalue weighted by molar-refractivity contribution is 0.783. The Hall–Kier alpha value is -2.69. The fourth-order valence-corrected chi connectivity index (χ4v) is 2.40. The SMILES string of the molecule is CCc1ccccc1-n1nnnc1-c1cc(C)ccc1N. The van der Waals surface area contributed by atoms with Crippen LogP contribution in [0.3, 0.4) is 0 Å². The molecule has 0 unspecified atom stereocenters. The molecule has 0 atom stereocenters. The molecule has 0 saturated heterocycles. The molecule has 5 heteroatoms. The molecule has 0 saturated carbocycles. The minimum atomic E-state index is 0.664. The summed E-state index contributed by atoms with van der Waals surface area (Å²) in [6, 6.07) is 14.0. The largest absolute Gasteiger partial charge is 0.398 e. The number of para-hydroxylation sites is 1. The molecule has 3 rings (SSSR count). The van der Waals surface area contributed by atoms with Crippen LogP contribution >= 0.6 is 0 Å². The number of nitrogen functional groups attached to an aromatic ring is 1. The molecule has 0 fully saturated rings. The maximum Gasteiger partial charge on any atom is 0.189 e. The molecule has 21 heavy (non-hydrogen) atoms. The fourth-order valence-electron chi connectivity index (χ4n) is 2.40. The second-order valence-electron chi connectivity index (χ2n) is 4.99. The highest BCUT2D eigenvalue weighted by Crippen LogP contribution is 2.27. The molecular weight excluding hydrogens is 262 g/mol. The molecule has 3 aromatic rings. The second kappa shape index (κ2) is 5.36. The molecule has 1 aromatic heterocycles. The van der Waals surface area contributed by atoms with E-state index >= 15 is 0 Å². The van der Waals surface area contributed by atoms with E-state index in [0.717, 1.165) is 23.2 Å². The van der Waals surface area contributed by atoms with Crippen LogP contribution in [0, 0.1) is 6.92 Å². The van der Waals surface area contributed by atoms with Crippen molar-refractivity contribution in [1.29, 1.82) is 0 Å². The van der Waals surface area contributed by atoms with Crippen LogP contribution in [0.25, 0.3) is 17.1 Å². The molecule has 0 spiro atoms. The van der Waals surface area contributed by atoms with Crippen molar-refractivity contribution in [3.63, 3.8) is 0 Å². The molecule has 2 aromatic carbocycles. The molecular formula is C16H17N5. The Balaban J connectivity index is 2.20. The van der Waals surface area contributed by atoms with E-state index in [4.69, 9.17) is 5.73 Å². The minimum Gasteiger partial charge on any atom is -0.398 e. The van der Waals surface area contributed by atoms with E-state index in [0.29, 0.717) is 11.5 Å². The molecule has 2 N–H and O–H groups in total. The Morgan fingerprint density at radius 1 is 1.14 bits per heavy atom. The standard InChI is InChI=1S/C16H17N5/c1-3-12-6-4-5-7-15(12)21-16(18-19-20-21)13-10-11(2)8-9-14(13)17/h4-10H,3,17H2,1-2H3. The first-order valence-corrected chi connectivity index (χ1v) is 6.94. The number of hydrogen-bond donors (Lipinski definition) is 1. The van der Waals surface area contributed by atoms with Crippen LogP contribution in [0.5, 0.6) is 0 Å². The third-order valence-corrected chi connectivity index (χ3v) is 3.52. The zero-order valence-corrected chi connectivity index (χ0v) is 12.1. The average Bonchev–Trinajstić information content (AvgIpc) is 2.98. The number of nitrogens with zero attached hydrogens (tertiary/aromatic N) is 4. The van der Waals surface area contributed by atoms with Gasteiger partial charge in [0.25, 0.3) is 0 Å². The molecule has 0 amide bonds. The van der Waals surface area contributed by atoms with E-state index in [1.165, 1.54) is 5.56 Å². The van der Waals surface area contributed by atoms with Gasteiger partial charge in [-0.3, -0.25) is 0 Å². The summed E-state index contributed by atoms with van der Waals surface area (Å²) in [6.45, 7) is 4.14. The van der Waals surface area contributed by atoms with Crippen molar-refractivity contribution >= 4 is 5.69 Å². The topological polar surface area (TPSA) is 69.6 Å².